The van der Waals surface area contributed by atoms with E-state index in [-0.39, 0.29) is 11.1 Å². The summed E-state index contributed by atoms with van der Waals surface area (Å²) in [6, 6.07) is 0. The maximum atomic E-state index is 5.61. The average molecular weight is 314 g/mol. The van der Waals surface area contributed by atoms with Gasteiger partial charge in [-0.25, -0.2) is 0 Å². The Hall–Kier alpha value is -0.120. The largest absolute Gasteiger partial charge is 0.330 e. The molecule has 1 unspecified atom stereocenters. The first-order valence-electron chi connectivity index (χ1n) is 9.30. The van der Waals surface area contributed by atoms with Gasteiger partial charge in [0.1, 0.15) is 0 Å². The van der Waals surface area contributed by atoms with Crippen molar-refractivity contribution in [2.45, 2.75) is 98.1 Å². The SMILES string of the molecule is CCC(C)(C)CNC(C)(CC)CCCNC(C)(C)CCCN. The standard InChI is InChI=1S/C19H43N3/c1-8-17(3,4)16-22-19(7,9-2)13-11-15-21-18(5,6)12-10-14-20/h21-22H,8-16,20H2,1-7H3. The quantitative estimate of drug-likeness (QED) is 0.449. The van der Waals surface area contributed by atoms with Gasteiger partial charge in [-0.3, -0.25) is 0 Å². The summed E-state index contributed by atoms with van der Waals surface area (Å²) in [4.78, 5) is 0. The molecule has 134 valence electrons. The molecule has 0 heterocycles. The van der Waals surface area contributed by atoms with Crippen molar-refractivity contribution in [3.05, 3.63) is 0 Å². The molecule has 0 bridgehead atoms. The monoisotopic (exact) mass is 313 g/mol. The number of nitrogens with one attached hydrogen (secondary N) is 2. The minimum absolute atomic E-state index is 0.208. The van der Waals surface area contributed by atoms with Crippen LogP contribution in [-0.4, -0.2) is 30.7 Å². The van der Waals surface area contributed by atoms with Gasteiger partial charge in [0.2, 0.25) is 0 Å². The molecule has 0 saturated heterocycles. The normalized spacial score (nSPS) is 15.8. The fourth-order valence-electron chi connectivity index (χ4n) is 2.51. The average Bonchev–Trinajstić information content (AvgIpc) is 2.48. The van der Waals surface area contributed by atoms with E-state index < -0.39 is 0 Å². The van der Waals surface area contributed by atoms with Crippen molar-refractivity contribution in [1.29, 1.82) is 0 Å². The van der Waals surface area contributed by atoms with Gasteiger partial charge in [0.05, 0.1) is 0 Å². The van der Waals surface area contributed by atoms with Gasteiger partial charge in [0.25, 0.3) is 0 Å². The van der Waals surface area contributed by atoms with E-state index in [0.29, 0.717) is 5.41 Å². The Kier molecular flexibility index (Phi) is 9.84. The molecule has 0 aromatic rings. The zero-order chi connectivity index (χ0) is 17.3. The van der Waals surface area contributed by atoms with Crippen molar-refractivity contribution in [2.24, 2.45) is 11.1 Å². The second-order valence-electron chi connectivity index (χ2n) is 8.59. The first-order valence-corrected chi connectivity index (χ1v) is 9.30. The maximum absolute atomic E-state index is 5.61. The fourth-order valence-corrected chi connectivity index (χ4v) is 2.51. The maximum Gasteiger partial charge on any atom is 0.0151 e. The second kappa shape index (κ2) is 9.89. The molecule has 0 saturated carbocycles. The van der Waals surface area contributed by atoms with E-state index in [1.807, 2.05) is 0 Å². The summed E-state index contributed by atoms with van der Waals surface area (Å²) in [6.07, 6.45) is 7.09. The van der Waals surface area contributed by atoms with Crippen LogP contribution in [0, 0.1) is 5.41 Å². The number of nitrogens with two attached hydrogens (primary N) is 1. The van der Waals surface area contributed by atoms with Gasteiger partial charge in [-0.15, -0.1) is 0 Å². The number of hydrogen-bond acceptors (Lipinski definition) is 3. The molecule has 0 rings (SSSR count). The molecule has 22 heavy (non-hydrogen) atoms. The molecule has 0 amide bonds. The first-order chi connectivity index (χ1) is 10.1. The molecular formula is C19H43N3. The Balaban J connectivity index is 4.12. The van der Waals surface area contributed by atoms with Crippen molar-refractivity contribution in [2.75, 3.05) is 19.6 Å². The highest BCUT2D eigenvalue weighted by molar-refractivity contribution is 4.85. The van der Waals surface area contributed by atoms with Crippen LogP contribution in [0.15, 0.2) is 0 Å². The molecule has 4 N–H and O–H groups in total. The molecule has 0 fully saturated rings. The van der Waals surface area contributed by atoms with Crippen molar-refractivity contribution < 1.29 is 0 Å². The highest BCUT2D eigenvalue weighted by Crippen LogP contribution is 2.23. The van der Waals surface area contributed by atoms with Crippen LogP contribution in [0.1, 0.15) is 87.0 Å². The third kappa shape index (κ3) is 9.81. The lowest BCUT2D eigenvalue weighted by molar-refractivity contribution is 0.237. The molecule has 1 atom stereocenters. The van der Waals surface area contributed by atoms with Gasteiger partial charge in [-0.05, 0) is 77.8 Å². The molecule has 0 radical (unpaired) electrons. The lowest BCUT2D eigenvalue weighted by atomic mass is 9.86. The molecule has 3 heteroatoms. The Bertz CT molecular complexity index is 286. The van der Waals surface area contributed by atoms with Crippen LogP contribution in [0.4, 0.5) is 0 Å². The first kappa shape index (κ1) is 21.9. The predicted molar refractivity (Wildman–Crippen MR) is 100 cm³/mol. The Morgan fingerprint density at radius 1 is 0.818 bits per heavy atom. The van der Waals surface area contributed by atoms with Crippen molar-refractivity contribution in [3.8, 4) is 0 Å². The van der Waals surface area contributed by atoms with E-state index in [4.69, 9.17) is 5.73 Å². The van der Waals surface area contributed by atoms with E-state index in [1.54, 1.807) is 0 Å². The van der Waals surface area contributed by atoms with Crippen molar-refractivity contribution in [1.82, 2.24) is 10.6 Å². The summed E-state index contributed by atoms with van der Waals surface area (Å²) >= 11 is 0. The fraction of sp³-hybridized carbons (Fsp3) is 1.00. The van der Waals surface area contributed by atoms with Crippen LogP contribution in [0.5, 0.6) is 0 Å². The number of hydrogen-bond donors (Lipinski definition) is 3. The zero-order valence-electron chi connectivity index (χ0n) is 16.4. The Morgan fingerprint density at radius 3 is 1.95 bits per heavy atom. The van der Waals surface area contributed by atoms with Crippen LogP contribution in [-0.2, 0) is 0 Å². The van der Waals surface area contributed by atoms with Crippen LogP contribution in [0.25, 0.3) is 0 Å². The summed E-state index contributed by atoms with van der Waals surface area (Å²) < 4.78 is 0. The predicted octanol–water partition coefficient (Wildman–Crippen LogP) is 4.07. The van der Waals surface area contributed by atoms with Crippen LogP contribution in [0.2, 0.25) is 0 Å². The molecule has 0 aromatic carbocycles. The van der Waals surface area contributed by atoms with Crippen LogP contribution >= 0.6 is 0 Å². The summed E-state index contributed by atoms with van der Waals surface area (Å²) in [6.45, 7) is 19.2. The highest BCUT2D eigenvalue weighted by atomic mass is 15.0. The van der Waals surface area contributed by atoms with Gasteiger partial charge in [0, 0.05) is 17.6 Å². The summed E-state index contributed by atoms with van der Waals surface area (Å²) in [5.74, 6) is 0. The smallest absolute Gasteiger partial charge is 0.0151 e. The second-order valence-corrected chi connectivity index (χ2v) is 8.59. The van der Waals surface area contributed by atoms with E-state index in [0.717, 1.165) is 32.5 Å². The molecule has 0 aliphatic carbocycles. The minimum Gasteiger partial charge on any atom is -0.330 e. The van der Waals surface area contributed by atoms with E-state index in [2.05, 4.69) is 59.1 Å². The van der Waals surface area contributed by atoms with E-state index in [9.17, 15) is 0 Å². The van der Waals surface area contributed by atoms with Crippen molar-refractivity contribution >= 4 is 0 Å². The molecule has 3 nitrogen and oxygen atoms in total. The highest BCUT2D eigenvalue weighted by Gasteiger charge is 2.25. The van der Waals surface area contributed by atoms with E-state index >= 15 is 0 Å². The van der Waals surface area contributed by atoms with Gasteiger partial charge < -0.3 is 16.4 Å². The summed E-state index contributed by atoms with van der Waals surface area (Å²) in [7, 11) is 0. The molecule has 0 spiro atoms. The van der Waals surface area contributed by atoms with E-state index in [1.165, 1.54) is 25.7 Å². The van der Waals surface area contributed by atoms with Gasteiger partial charge in [0.15, 0.2) is 0 Å². The van der Waals surface area contributed by atoms with Crippen LogP contribution < -0.4 is 16.4 Å². The molecular weight excluding hydrogens is 270 g/mol. The third-order valence-electron chi connectivity index (χ3n) is 5.25. The lowest BCUT2D eigenvalue weighted by Gasteiger charge is -2.35. The summed E-state index contributed by atoms with van der Waals surface area (Å²) in [5.41, 5.74) is 6.46. The minimum atomic E-state index is 0.208. The molecule has 0 aliphatic rings. The van der Waals surface area contributed by atoms with Crippen molar-refractivity contribution in [3.63, 3.8) is 0 Å². The molecule has 0 aromatic heterocycles. The lowest BCUT2D eigenvalue weighted by Crippen LogP contribution is -2.47. The third-order valence-corrected chi connectivity index (χ3v) is 5.25. The van der Waals surface area contributed by atoms with Gasteiger partial charge in [-0.2, -0.15) is 0 Å². The van der Waals surface area contributed by atoms with Gasteiger partial charge >= 0.3 is 0 Å². The number of rotatable bonds is 13. The molecule has 0 aliphatic heterocycles. The Labute approximate surface area is 140 Å². The van der Waals surface area contributed by atoms with Gasteiger partial charge in [-0.1, -0.05) is 27.7 Å². The van der Waals surface area contributed by atoms with Crippen LogP contribution in [0.3, 0.4) is 0 Å². The Morgan fingerprint density at radius 2 is 1.45 bits per heavy atom. The summed E-state index contributed by atoms with van der Waals surface area (Å²) in [5, 5.41) is 7.52. The zero-order valence-corrected chi connectivity index (χ0v) is 16.4. The topological polar surface area (TPSA) is 50.1 Å².